The Labute approximate surface area is 136 Å². The molecular weight excluding hydrogens is 294 g/mol. The van der Waals surface area contributed by atoms with Crippen LogP contribution in [0, 0.1) is 6.92 Å². The molecule has 6 nitrogen and oxygen atoms in total. The van der Waals surface area contributed by atoms with Crippen molar-refractivity contribution >= 4 is 17.3 Å². The molecule has 1 aromatic heterocycles. The van der Waals surface area contributed by atoms with E-state index < -0.39 is 0 Å². The molecule has 1 aromatic carbocycles. The summed E-state index contributed by atoms with van der Waals surface area (Å²) in [6.07, 6.45) is 0. The normalized spacial score (nSPS) is 10.4. The highest BCUT2D eigenvalue weighted by Crippen LogP contribution is 2.22. The van der Waals surface area contributed by atoms with Crippen molar-refractivity contribution in [3.63, 3.8) is 0 Å². The molecule has 0 atom stereocenters. The number of nitrogens with zero attached hydrogens (tertiary/aromatic N) is 1. The molecule has 0 unspecified atom stereocenters. The number of aliphatic hydroxyl groups excluding tert-OH is 1. The van der Waals surface area contributed by atoms with E-state index in [0.29, 0.717) is 19.8 Å². The second-order valence-corrected chi connectivity index (χ2v) is 5.03. The van der Waals surface area contributed by atoms with Gasteiger partial charge in [0.2, 0.25) is 0 Å². The van der Waals surface area contributed by atoms with Crippen molar-refractivity contribution in [2.24, 2.45) is 0 Å². The van der Waals surface area contributed by atoms with Crippen LogP contribution in [0.2, 0.25) is 0 Å². The van der Waals surface area contributed by atoms with Crippen LogP contribution < -0.4 is 15.4 Å². The molecule has 0 amide bonds. The number of pyridine rings is 1. The molecule has 0 bridgehead atoms. The van der Waals surface area contributed by atoms with E-state index in [9.17, 15) is 0 Å². The number of aryl methyl sites for hydroxylation is 1. The van der Waals surface area contributed by atoms with E-state index in [0.717, 1.165) is 28.6 Å². The molecule has 0 aliphatic rings. The quantitative estimate of drug-likeness (QED) is 0.617. The Morgan fingerprint density at radius 3 is 2.74 bits per heavy atom. The molecule has 0 saturated carbocycles. The summed E-state index contributed by atoms with van der Waals surface area (Å²) >= 11 is 0. The van der Waals surface area contributed by atoms with Crippen molar-refractivity contribution in [2.45, 2.75) is 6.92 Å². The summed E-state index contributed by atoms with van der Waals surface area (Å²) in [6, 6.07) is 11.7. The maximum absolute atomic E-state index is 8.66. The summed E-state index contributed by atoms with van der Waals surface area (Å²) in [7, 11) is 1.64. The van der Waals surface area contributed by atoms with Crippen LogP contribution in [-0.2, 0) is 4.74 Å². The van der Waals surface area contributed by atoms with Gasteiger partial charge in [-0.15, -0.1) is 0 Å². The van der Waals surface area contributed by atoms with E-state index in [4.69, 9.17) is 14.6 Å². The molecule has 23 heavy (non-hydrogen) atoms. The lowest BCUT2D eigenvalue weighted by molar-refractivity contribution is 0.0992. The monoisotopic (exact) mass is 317 g/mol. The zero-order valence-electron chi connectivity index (χ0n) is 13.5. The van der Waals surface area contributed by atoms with Crippen LogP contribution in [0.5, 0.6) is 5.75 Å². The summed E-state index contributed by atoms with van der Waals surface area (Å²) in [5.41, 5.74) is 2.02. The number of ether oxygens (including phenoxy) is 2. The molecule has 124 valence electrons. The Morgan fingerprint density at radius 1 is 1.13 bits per heavy atom. The summed E-state index contributed by atoms with van der Waals surface area (Å²) in [4.78, 5) is 4.53. The third-order valence-electron chi connectivity index (χ3n) is 3.10. The fourth-order valence-electron chi connectivity index (χ4n) is 2.09. The summed E-state index contributed by atoms with van der Waals surface area (Å²) in [5.74, 6) is 2.34. The van der Waals surface area contributed by atoms with Crippen molar-refractivity contribution in [1.29, 1.82) is 0 Å². The molecule has 0 fully saturated rings. The van der Waals surface area contributed by atoms with E-state index in [2.05, 4.69) is 15.6 Å². The first kappa shape index (κ1) is 17.1. The molecule has 0 saturated heterocycles. The number of anilines is 3. The van der Waals surface area contributed by atoms with Crippen molar-refractivity contribution in [3.05, 3.63) is 42.0 Å². The average molecular weight is 317 g/mol. The Kier molecular flexibility index (Phi) is 6.65. The van der Waals surface area contributed by atoms with Gasteiger partial charge >= 0.3 is 0 Å². The van der Waals surface area contributed by atoms with Gasteiger partial charge in [0.05, 0.1) is 26.9 Å². The molecular formula is C17H23N3O3. The number of hydrogen-bond acceptors (Lipinski definition) is 6. The maximum atomic E-state index is 8.66. The van der Waals surface area contributed by atoms with Gasteiger partial charge in [-0.2, -0.15) is 0 Å². The molecule has 0 aliphatic carbocycles. The molecule has 1 heterocycles. The zero-order chi connectivity index (χ0) is 16.5. The Hall–Kier alpha value is -2.31. The predicted molar refractivity (Wildman–Crippen MR) is 91.6 cm³/mol. The smallest absolute Gasteiger partial charge is 0.133 e. The minimum absolute atomic E-state index is 0.0390. The van der Waals surface area contributed by atoms with E-state index in [-0.39, 0.29) is 6.61 Å². The van der Waals surface area contributed by atoms with E-state index in [1.165, 1.54) is 0 Å². The molecule has 0 spiro atoms. The maximum Gasteiger partial charge on any atom is 0.133 e. The van der Waals surface area contributed by atoms with Crippen molar-refractivity contribution < 1.29 is 14.6 Å². The second-order valence-electron chi connectivity index (χ2n) is 5.03. The van der Waals surface area contributed by atoms with Gasteiger partial charge in [-0.1, -0.05) is 6.07 Å². The minimum atomic E-state index is 0.0390. The molecule has 0 aliphatic heterocycles. The average Bonchev–Trinajstić information content (AvgIpc) is 2.54. The topological polar surface area (TPSA) is 75.6 Å². The molecule has 2 rings (SSSR count). The number of nitrogens with one attached hydrogen (secondary N) is 2. The van der Waals surface area contributed by atoms with Crippen molar-refractivity contribution in [1.82, 2.24) is 4.98 Å². The third kappa shape index (κ3) is 5.77. The number of aromatic nitrogens is 1. The van der Waals surface area contributed by atoms with Crippen LogP contribution in [0.1, 0.15) is 5.56 Å². The van der Waals surface area contributed by atoms with Gasteiger partial charge < -0.3 is 25.2 Å². The number of aliphatic hydroxyl groups is 1. The van der Waals surface area contributed by atoms with Gasteiger partial charge in [0.25, 0.3) is 0 Å². The van der Waals surface area contributed by atoms with E-state index in [1.807, 2.05) is 43.3 Å². The number of hydrogen-bond donors (Lipinski definition) is 3. The van der Waals surface area contributed by atoms with Crippen LogP contribution >= 0.6 is 0 Å². The Morgan fingerprint density at radius 2 is 1.96 bits per heavy atom. The lowest BCUT2D eigenvalue weighted by Crippen LogP contribution is -2.12. The Balaban J connectivity index is 1.98. The van der Waals surface area contributed by atoms with Crippen LogP contribution in [0.4, 0.5) is 17.3 Å². The van der Waals surface area contributed by atoms with E-state index >= 15 is 0 Å². The standard InChI is InChI=1S/C17H23N3O3/c1-13-10-16(18-6-8-23-9-7-21)20-17(11-13)19-14-4-3-5-15(12-14)22-2/h3-5,10-12,21H,6-9H2,1-2H3,(H2,18,19,20). The highest BCUT2D eigenvalue weighted by Gasteiger charge is 2.02. The van der Waals surface area contributed by atoms with Gasteiger partial charge in [0.15, 0.2) is 0 Å². The van der Waals surface area contributed by atoms with Crippen molar-refractivity contribution in [2.75, 3.05) is 44.1 Å². The second kappa shape index (κ2) is 8.97. The number of methoxy groups -OCH3 is 1. The highest BCUT2D eigenvalue weighted by molar-refractivity contribution is 5.60. The zero-order valence-corrected chi connectivity index (χ0v) is 13.5. The van der Waals surface area contributed by atoms with Gasteiger partial charge in [-0.05, 0) is 36.8 Å². The van der Waals surface area contributed by atoms with Crippen LogP contribution in [0.25, 0.3) is 0 Å². The van der Waals surface area contributed by atoms with Crippen molar-refractivity contribution in [3.8, 4) is 5.75 Å². The fraction of sp³-hybridized carbons (Fsp3) is 0.353. The fourth-order valence-corrected chi connectivity index (χ4v) is 2.09. The van der Waals surface area contributed by atoms with Gasteiger partial charge in [0, 0.05) is 18.3 Å². The third-order valence-corrected chi connectivity index (χ3v) is 3.10. The molecule has 0 radical (unpaired) electrons. The largest absolute Gasteiger partial charge is 0.497 e. The van der Waals surface area contributed by atoms with Crippen LogP contribution in [0.15, 0.2) is 36.4 Å². The lowest BCUT2D eigenvalue weighted by atomic mass is 10.2. The van der Waals surface area contributed by atoms with Crippen LogP contribution in [-0.4, -0.2) is 43.6 Å². The van der Waals surface area contributed by atoms with E-state index in [1.54, 1.807) is 7.11 Å². The summed E-state index contributed by atoms with van der Waals surface area (Å²) in [5, 5.41) is 15.1. The lowest BCUT2D eigenvalue weighted by Gasteiger charge is -2.11. The van der Waals surface area contributed by atoms with Crippen LogP contribution in [0.3, 0.4) is 0 Å². The number of benzene rings is 1. The Bertz CT molecular complexity index is 620. The highest BCUT2D eigenvalue weighted by atomic mass is 16.5. The SMILES string of the molecule is COc1cccc(Nc2cc(C)cc(NCCOCCO)n2)c1. The molecule has 2 aromatic rings. The first-order valence-electron chi connectivity index (χ1n) is 7.53. The summed E-state index contributed by atoms with van der Waals surface area (Å²) in [6.45, 7) is 3.57. The molecule has 6 heteroatoms. The van der Waals surface area contributed by atoms with Gasteiger partial charge in [-0.25, -0.2) is 4.98 Å². The molecule has 3 N–H and O–H groups in total. The first-order chi connectivity index (χ1) is 11.2. The van der Waals surface area contributed by atoms with Gasteiger partial charge in [0.1, 0.15) is 17.4 Å². The first-order valence-corrected chi connectivity index (χ1v) is 7.53. The van der Waals surface area contributed by atoms with Gasteiger partial charge in [-0.3, -0.25) is 0 Å². The predicted octanol–water partition coefficient (Wildman–Crippen LogP) is 2.56. The number of rotatable bonds is 9. The summed E-state index contributed by atoms with van der Waals surface area (Å²) < 4.78 is 10.4. The minimum Gasteiger partial charge on any atom is -0.497 e.